The molecule has 0 amide bonds. The van der Waals surface area contributed by atoms with Crippen LogP contribution >= 0.6 is 0 Å². The van der Waals surface area contributed by atoms with Gasteiger partial charge in [-0.1, -0.05) is 54.1 Å². The highest BCUT2D eigenvalue weighted by molar-refractivity contribution is 6.09. The molecule has 6 heteroatoms. The molecule has 0 saturated carbocycles. The highest BCUT2D eigenvalue weighted by atomic mass is 16.5. The van der Waals surface area contributed by atoms with Crippen LogP contribution in [0, 0.1) is 0 Å². The third-order valence-electron chi connectivity index (χ3n) is 6.21. The Morgan fingerprint density at radius 1 is 1.09 bits per heavy atom. The van der Waals surface area contributed by atoms with Gasteiger partial charge in [0.2, 0.25) is 0 Å². The minimum absolute atomic E-state index is 0.179. The summed E-state index contributed by atoms with van der Waals surface area (Å²) in [7, 11) is 1.31. The Morgan fingerprint density at radius 3 is 2.51 bits per heavy atom. The SMILES string of the molecule is COC(=O)C(C)c1ccc(OC(CCC2=CCCCC2)C(=O)O)c(C(=O)C=Cc2ccccc2)c1. The van der Waals surface area contributed by atoms with E-state index in [2.05, 4.69) is 6.08 Å². The molecule has 1 aliphatic carbocycles. The maximum absolute atomic E-state index is 13.2. The zero-order valence-corrected chi connectivity index (χ0v) is 20.2. The van der Waals surface area contributed by atoms with Crippen molar-refractivity contribution in [3.8, 4) is 5.75 Å². The average molecular weight is 477 g/mol. The van der Waals surface area contributed by atoms with Crippen LogP contribution in [0.5, 0.6) is 5.75 Å². The number of benzene rings is 2. The van der Waals surface area contributed by atoms with Crippen molar-refractivity contribution < 1.29 is 29.0 Å². The molecule has 2 unspecified atom stereocenters. The molecule has 0 fully saturated rings. The van der Waals surface area contributed by atoms with Crippen LogP contribution < -0.4 is 4.74 Å². The quantitative estimate of drug-likeness (QED) is 0.186. The number of rotatable bonds is 11. The van der Waals surface area contributed by atoms with E-state index in [-0.39, 0.29) is 17.1 Å². The van der Waals surface area contributed by atoms with Gasteiger partial charge in [-0.15, -0.1) is 0 Å². The van der Waals surface area contributed by atoms with E-state index in [1.165, 1.54) is 25.2 Å². The maximum Gasteiger partial charge on any atom is 0.344 e. The number of ketones is 1. The first-order chi connectivity index (χ1) is 16.9. The monoisotopic (exact) mass is 476 g/mol. The summed E-state index contributed by atoms with van der Waals surface area (Å²) in [4.78, 5) is 37.2. The predicted octanol–water partition coefficient (Wildman–Crippen LogP) is 5.97. The van der Waals surface area contributed by atoms with E-state index in [4.69, 9.17) is 9.47 Å². The zero-order valence-electron chi connectivity index (χ0n) is 20.2. The standard InChI is InChI=1S/C29H32O6/c1-20(29(33)34-2)23-15-18-26(24(19-23)25(30)16-13-21-9-5-3-6-10-21)35-27(28(31)32)17-14-22-11-7-4-8-12-22/h3,5-6,9-11,13,15-16,18-20,27H,4,7-8,12,14,17H2,1-2H3,(H,31,32). The summed E-state index contributed by atoms with van der Waals surface area (Å²) in [6.45, 7) is 1.69. The number of hydrogen-bond donors (Lipinski definition) is 1. The number of carbonyl (C=O) groups is 3. The third-order valence-corrected chi connectivity index (χ3v) is 6.21. The second-order valence-corrected chi connectivity index (χ2v) is 8.70. The minimum atomic E-state index is -1.09. The lowest BCUT2D eigenvalue weighted by atomic mass is 9.95. The van der Waals surface area contributed by atoms with Crippen molar-refractivity contribution in [2.75, 3.05) is 7.11 Å². The van der Waals surface area contributed by atoms with Gasteiger partial charge in [0.15, 0.2) is 11.9 Å². The molecule has 35 heavy (non-hydrogen) atoms. The third kappa shape index (κ3) is 7.41. The fourth-order valence-corrected chi connectivity index (χ4v) is 4.09. The second-order valence-electron chi connectivity index (χ2n) is 8.70. The van der Waals surface area contributed by atoms with E-state index in [0.717, 1.165) is 24.8 Å². The first-order valence-electron chi connectivity index (χ1n) is 12.0. The number of carbonyl (C=O) groups excluding carboxylic acids is 2. The van der Waals surface area contributed by atoms with Gasteiger partial charge in [-0.2, -0.15) is 0 Å². The van der Waals surface area contributed by atoms with Crippen LogP contribution in [-0.2, 0) is 14.3 Å². The molecule has 2 atom stereocenters. The Hall–Kier alpha value is -3.67. The van der Waals surface area contributed by atoms with Crippen molar-refractivity contribution in [1.82, 2.24) is 0 Å². The number of hydrogen-bond acceptors (Lipinski definition) is 5. The zero-order chi connectivity index (χ0) is 25.2. The normalized spacial score (nSPS) is 15.2. The van der Waals surface area contributed by atoms with E-state index >= 15 is 0 Å². The van der Waals surface area contributed by atoms with Gasteiger partial charge in [0.1, 0.15) is 5.75 Å². The summed E-state index contributed by atoms with van der Waals surface area (Å²) < 4.78 is 10.7. The Balaban J connectivity index is 1.88. The lowest BCUT2D eigenvalue weighted by molar-refractivity contribution is -0.145. The Kier molecular flexibility index (Phi) is 9.41. The lowest BCUT2D eigenvalue weighted by Crippen LogP contribution is -2.28. The van der Waals surface area contributed by atoms with Gasteiger partial charge < -0.3 is 14.6 Å². The van der Waals surface area contributed by atoms with Gasteiger partial charge >= 0.3 is 11.9 Å². The summed E-state index contributed by atoms with van der Waals surface area (Å²) in [5.41, 5.74) is 2.90. The summed E-state index contributed by atoms with van der Waals surface area (Å²) in [6, 6.07) is 14.2. The van der Waals surface area contributed by atoms with Crippen LogP contribution in [0.25, 0.3) is 6.08 Å². The Bertz CT molecular complexity index is 1100. The Labute approximate surface area is 206 Å². The van der Waals surface area contributed by atoms with Crippen LogP contribution in [0.2, 0.25) is 0 Å². The van der Waals surface area contributed by atoms with Crippen molar-refractivity contribution >= 4 is 23.8 Å². The maximum atomic E-state index is 13.2. The minimum Gasteiger partial charge on any atom is -0.479 e. The molecule has 0 aliphatic heterocycles. The van der Waals surface area contributed by atoms with Crippen LogP contribution in [0.15, 0.2) is 66.3 Å². The van der Waals surface area contributed by atoms with Gasteiger partial charge in [0.05, 0.1) is 18.6 Å². The number of ether oxygens (including phenoxy) is 2. The van der Waals surface area contributed by atoms with E-state index in [1.807, 2.05) is 30.3 Å². The smallest absolute Gasteiger partial charge is 0.344 e. The summed E-state index contributed by atoms with van der Waals surface area (Å²) in [5.74, 6) is -2.26. The fraction of sp³-hybridized carbons (Fsp3) is 0.345. The van der Waals surface area contributed by atoms with Crippen LogP contribution in [0.4, 0.5) is 0 Å². The number of esters is 1. The van der Waals surface area contributed by atoms with Gasteiger partial charge in [-0.3, -0.25) is 9.59 Å². The summed E-state index contributed by atoms with van der Waals surface area (Å²) >= 11 is 0. The number of carboxylic acid groups (broad SMARTS) is 1. The number of methoxy groups -OCH3 is 1. The van der Waals surface area contributed by atoms with E-state index in [9.17, 15) is 19.5 Å². The largest absolute Gasteiger partial charge is 0.479 e. The lowest BCUT2D eigenvalue weighted by Gasteiger charge is -2.20. The molecular formula is C29H32O6. The summed E-state index contributed by atoms with van der Waals surface area (Å²) in [6.07, 6.45) is 9.47. The van der Waals surface area contributed by atoms with Gasteiger partial charge in [-0.05, 0) is 74.8 Å². The molecule has 2 aromatic carbocycles. The van der Waals surface area contributed by atoms with Gasteiger partial charge in [0.25, 0.3) is 0 Å². The van der Waals surface area contributed by atoms with E-state index in [1.54, 1.807) is 31.2 Å². The highest BCUT2D eigenvalue weighted by Crippen LogP contribution is 2.29. The predicted molar refractivity (Wildman–Crippen MR) is 135 cm³/mol. The molecule has 0 heterocycles. The molecule has 6 nitrogen and oxygen atoms in total. The first-order valence-corrected chi connectivity index (χ1v) is 12.0. The van der Waals surface area contributed by atoms with Crippen LogP contribution in [-0.4, -0.2) is 36.0 Å². The van der Waals surface area contributed by atoms with E-state index in [0.29, 0.717) is 18.4 Å². The number of allylic oxidation sites excluding steroid dienone is 3. The second kappa shape index (κ2) is 12.7. The molecule has 0 spiro atoms. The van der Waals surface area contributed by atoms with Crippen molar-refractivity contribution in [1.29, 1.82) is 0 Å². The van der Waals surface area contributed by atoms with Gasteiger partial charge in [0, 0.05) is 0 Å². The molecule has 0 saturated heterocycles. The first kappa shape index (κ1) is 25.9. The van der Waals surface area contributed by atoms with Crippen LogP contribution in [0.3, 0.4) is 0 Å². The topological polar surface area (TPSA) is 89.9 Å². The molecule has 184 valence electrons. The Morgan fingerprint density at radius 2 is 1.86 bits per heavy atom. The molecule has 0 radical (unpaired) electrons. The molecule has 1 aliphatic rings. The highest BCUT2D eigenvalue weighted by Gasteiger charge is 2.24. The van der Waals surface area contributed by atoms with Crippen molar-refractivity contribution in [3.05, 3.63) is 82.9 Å². The van der Waals surface area contributed by atoms with Crippen LogP contribution in [0.1, 0.15) is 72.9 Å². The fourth-order valence-electron chi connectivity index (χ4n) is 4.09. The molecule has 2 aromatic rings. The van der Waals surface area contributed by atoms with Crippen molar-refractivity contribution in [3.63, 3.8) is 0 Å². The van der Waals surface area contributed by atoms with Gasteiger partial charge in [-0.25, -0.2) is 4.79 Å². The van der Waals surface area contributed by atoms with E-state index < -0.39 is 24.0 Å². The average Bonchev–Trinajstić information content (AvgIpc) is 2.89. The van der Waals surface area contributed by atoms with Crippen molar-refractivity contribution in [2.24, 2.45) is 0 Å². The number of aliphatic carboxylic acids is 1. The molecule has 0 bridgehead atoms. The molecular weight excluding hydrogens is 444 g/mol. The van der Waals surface area contributed by atoms with Crippen molar-refractivity contribution in [2.45, 2.75) is 57.5 Å². The number of carboxylic acids is 1. The summed E-state index contributed by atoms with van der Waals surface area (Å²) in [5, 5.41) is 9.79. The molecule has 1 N–H and O–H groups in total. The molecule has 0 aromatic heterocycles. The molecule has 3 rings (SSSR count).